The summed E-state index contributed by atoms with van der Waals surface area (Å²) in [5.74, 6) is 2.05. The molecule has 150 valence electrons. The molecule has 1 aromatic carbocycles. The lowest BCUT2D eigenvalue weighted by Crippen LogP contribution is -2.42. The third-order valence-electron chi connectivity index (χ3n) is 4.89. The van der Waals surface area contributed by atoms with Crippen molar-refractivity contribution in [3.05, 3.63) is 42.2 Å². The molecule has 1 aliphatic heterocycles. The lowest BCUT2D eigenvalue weighted by atomic mass is 10.0. The lowest BCUT2D eigenvalue weighted by Gasteiger charge is -2.31. The first kappa shape index (κ1) is 19.9. The quantitative estimate of drug-likeness (QED) is 0.771. The molecule has 1 amide bonds. The number of hydrogen-bond acceptors (Lipinski definition) is 6. The minimum atomic E-state index is -0.224. The highest BCUT2D eigenvalue weighted by atomic mass is 16.6. The number of carbonyl (C=O) groups is 1. The molecule has 0 unspecified atom stereocenters. The monoisotopic (exact) mass is 383 g/mol. The number of likely N-dealkylation sites (tertiary alicyclic amines) is 1. The minimum Gasteiger partial charge on any atom is -0.450 e. The number of benzene rings is 1. The number of piperidine rings is 1. The molecule has 1 aromatic heterocycles. The van der Waals surface area contributed by atoms with Crippen molar-refractivity contribution < 1.29 is 9.53 Å². The Labute approximate surface area is 166 Å². The van der Waals surface area contributed by atoms with E-state index in [1.165, 1.54) is 5.56 Å². The minimum absolute atomic E-state index is 0.224. The zero-order chi connectivity index (χ0) is 19.9. The van der Waals surface area contributed by atoms with Crippen molar-refractivity contribution in [2.24, 2.45) is 0 Å². The van der Waals surface area contributed by atoms with Gasteiger partial charge in [0, 0.05) is 30.9 Å². The van der Waals surface area contributed by atoms with E-state index in [0.29, 0.717) is 25.6 Å². The van der Waals surface area contributed by atoms with Crippen LogP contribution in [0.1, 0.15) is 45.1 Å². The summed E-state index contributed by atoms with van der Waals surface area (Å²) in [5.41, 5.74) is 2.31. The van der Waals surface area contributed by atoms with Crippen LogP contribution in [0.4, 0.5) is 22.1 Å². The molecule has 0 radical (unpaired) electrons. The van der Waals surface area contributed by atoms with E-state index in [-0.39, 0.29) is 12.1 Å². The number of carbonyl (C=O) groups excluding carboxylic acids is 1. The Hall–Kier alpha value is -2.83. The number of ether oxygens (including phenoxy) is 1. The average molecular weight is 383 g/mol. The second kappa shape index (κ2) is 9.39. The van der Waals surface area contributed by atoms with Crippen LogP contribution >= 0.6 is 0 Å². The molecule has 7 nitrogen and oxygen atoms in total. The Morgan fingerprint density at radius 3 is 2.50 bits per heavy atom. The summed E-state index contributed by atoms with van der Waals surface area (Å²) >= 11 is 0. The third kappa shape index (κ3) is 5.34. The average Bonchev–Trinajstić information content (AvgIpc) is 2.69. The van der Waals surface area contributed by atoms with E-state index in [4.69, 9.17) is 4.74 Å². The summed E-state index contributed by atoms with van der Waals surface area (Å²) in [6.45, 7) is 7.98. The van der Waals surface area contributed by atoms with Gasteiger partial charge >= 0.3 is 6.09 Å². The van der Waals surface area contributed by atoms with Crippen molar-refractivity contribution in [1.82, 2.24) is 14.9 Å². The molecular formula is C21H29N5O2. The number of amides is 1. The van der Waals surface area contributed by atoms with Crippen LogP contribution in [0.2, 0.25) is 0 Å². The molecule has 0 aliphatic carbocycles. The van der Waals surface area contributed by atoms with Crippen LogP contribution in [0, 0.1) is 0 Å². The van der Waals surface area contributed by atoms with Gasteiger partial charge < -0.3 is 20.3 Å². The fourth-order valence-corrected chi connectivity index (χ4v) is 3.23. The first-order valence-electron chi connectivity index (χ1n) is 9.92. The van der Waals surface area contributed by atoms with Gasteiger partial charge in [-0.2, -0.15) is 0 Å². The fraction of sp³-hybridized carbons (Fsp3) is 0.476. The van der Waals surface area contributed by atoms with Gasteiger partial charge in [0.15, 0.2) is 0 Å². The van der Waals surface area contributed by atoms with Gasteiger partial charge in [0.2, 0.25) is 0 Å². The number of nitrogens with zero attached hydrogens (tertiary/aromatic N) is 3. The molecule has 0 saturated carbocycles. The van der Waals surface area contributed by atoms with E-state index in [1.54, 1.807) is 11.2 Å². The Kier molecular flexibility index (Phi) is 6.68. The molecule has 2 N–H and O–H groups in total. The van der Waals surface area contributed by atoms with Crippen LogP contribution in [0.25, 0.3) is 0 Å². The van der Waals surface area contributed by atoms with Gasteiger partial charge in [-0.15, -0.1) is 0 Å². The van der Waals surface area contributed by atoms with Crippen molar-refractivity contribution in [2.75, 3.05) is 30.3 Å². The van der Waals surface area contributed by atoms with Crippen LogP contribution in [0.5, 0.6) is 0 Å². The number of anilines is 3. The molecule has 3 rings (SSSR count). The Morgan fingerprint density at radius 1 is 1.18 bits per heavy atom. The lowest BCUT2D eigenvalue weighted by molar-refractivity contribution is 0.0983. The van der Waals surface area contributed by atoms with Gasteiger partial charge in [-0.25, -0.2) is 14.8 Å². The summed E-state index contributed by atoms with van der Waals surface area (Å²) in [4.78, 5) is 22.2. The van der Waals surface area contributed by atoms with Crippen LogP contribution in [-0.2, 0) is 4.74 Å². The van der Waals surface area contributed by atoms with Crippen LogP contribution in [0.15, 0.2) is 36.7 Å². The van der Waals surface area contributed by atoms with Gasteiger partial charge in [-0.1, -0.05) is 26.0 Å². The zero-order valence-electron chi connectivity index (χ0n) is 16.8. The Balaban J connectivity index is 1.54. The molecule has 1 aliphatic rings. The molecule has 7 heteroatoms. The first-order chi connectivity index (χ1) is 13.5. The number of nitrogens with one attached hydrogen (secondary N) is 2. The third-order valence-corrected chi connectivity index (χ3v) is 4.89. The van der Waals surface area contributed by atoms with Crippen LogP contribution in [-0.4, -0.2) is 46.7 Å². The summed E-state index contributed by atoms with van der Waals surface area (Å²) < 4.78 is 5.07. The molecule has 1 saturated heterocycles. The van der Waals surface area contributed by atoms with Gasteiger partial charge in [0.05, 0.1) is 6.61 Å². The van der Waals surface area contributed by atoms with Crippen molar-refractivity contribution in [3.63, 3.8) is 0 Å². The topological polar surface area (TPSA) is 79.4 Å². The molecule has 2 heterocycles. The normalized spacial score (nSPS) is 14.8. The highest BCUT2D eigenvalue weighted by molar-refractivity contribution is 5.67. The summed E-state index contributed by atoms with van der Waals surface area (Å²) in [6.07, 6.45) is 3.06. The maximum Gasteiger partial charge on any atom is 0.409 e. The van der Waals surface area contributed by atoms with Crippen LogP contribution in [0.3, 0.4) is 0 Å². The number of aromatic nitrogens is 2. The molecule has 0 spiro atoms. The number of hydrogen-bond donors (Lipinski definition) is 2. The first-order valence-corrected chi connectivity index (χ1v) is 9.92. The predicted molar refractivity (Wildman–Crippen MR) is 111 cm³/mol. The van der Waals surface area contributed by atoms with Gasteiger partial charge in [0.1, 0.15) is 18.0 Å². The van der Waals surface area contributed by atoms with E-state index < -0.39 is 0 Å². The summed E-state index contributed by atoms with van der Waals surface area (Å²) in [7, 11) is 0. The van der Waals surface area contributed by atoms with Crippen LogP contribution < -0.4 is 10.6 Å². The Morgan fingerprint density at radius 2 is 1.86 bits per heavy atom. The SMILES string of the molecule is CCOC(=O)N1CCC(Nc2cc(Nc3ccc(C(C)C)cc3)ncn2)CC1. The van der Waals surface area contributed by atoms with Crippen molar-refractivity contribution >= 4 is 23.4 Å². The highest BCUT2D eigenvalue weighted by Crippen LogP contribution is 2.21. The standard InChI is InChI=1S/C21H29N5O2/c1-4-28-21(27)26-11-9-18(10-12-26)25-20-13-19(22-14-23-20)24-17-7-5-16(6-8-17)15(2)3/h5-8,13-15,18H,4,9-12H2,1-3H3,(H2,22,23,24,25). The molecule has 0 bridgehead atoms. The van der Waals surface area contributed by atoms with Crippen molar-refractivity contribution in [3.8, 4) is 0 Å². The van der Waals surface area contributed by atoms with Crippen molar-refractivity contribution in [2.45, 2.75) is 45.6 Å². The molecule has 2 aromatic rings. The molecule has 0 atom stereocenters. The van der Waals surface area contributed by atoms with E-state index in [1.807, 2.05) is 13.0 Å². The van der Waals surface area contributed by atoms with E-state index in [2.05, 4.69) is 58.7 Å². The van der Waals surface area contributed by atoms with E-state index >= 15 is 0 Å². The second-order valence-corrected chi connectivity index (χ2v) is 7.29. The second-order valence-electron chi connectivity index (χ2n) is 7.29. The van der Waals surface area contributed by atoms with Gasteiger partial charge in [-0.3, -0.25) is 0 Å². The van der Waals surface area contributed by atoms with E-state index in [9.17, 15) is 4.79 Å². The smallest absolute Gasteiger partial charge is 0.409 e. The highest BCUT2D eigenvalue weighted by Gasteiger charge is 2.23. The maximum atomic E-state index is 11.8. The molecule has 1 fully saturated rings. The van der Waals surface area contributed by atoms with Crippen molar-refractivity contribution in [1.29, 1.82) is 0 Å². The largest absolute Gasteiger partial charge is 0.450 e. The molecule has 28 heavy (non-hydrogen) atoms. The molecular weight excluding hydrogens is 354 g/mol. The number of rotatable bonds is 6. The summed E-state index contributed by atoms with van der Waals surface area (Å²) in [6, 6.07) is 10.6. The zero-order valence-corrected chi connectivity index (χ0v) is 16.8. The van der Waals surface area contributed by atoms with E-state index in [0.717, 1.165) is 30.2 Å². The predicted octanol–water partition coefficient (Wildman–Crippen LogP) is 4.38. The van der Waals surface area contributed by atoms with Gasteiger partial charge in [-0.05, 0) is 43.4 Å². The van der Waals surface area contributed by atoms with Gasteiger partial charge in [0.25, 0.3) is 0 Å². The maximum absolute atomic E-state index is 11.8. The Bertz CT molecular complexity index is 771. The fourth-order valence-electron chi connectivity index (χ4n) is 3.23. The summed E-state index contributed by atoms with van der Waals surface area (Å²) in [5, 5.41) is 6.78.